The van der Waals surface area contributed by atoms with Gasteiger partial charge in [0.1, 0.15) is 0 Å². The van der Waals surface area contributed by atoms with Gasteiger partial charge in [-0.2, -0.15) is 0 Å². The third-order valence-corrected chi connectivity index (χ3v) is 5.04. The standard InChI is InChI=1S/C15H23NO2S/c1-12(13-7-6-10-19-13)14(17)16-11-15(18)8-4-2-3-5-9-15/h6-7,10,12,18H,2-5,8-9,11H2,1H3,(H,16,17). The number of hydrogen-bond donors (Lipinski definition) is 2. The minimum Gasteiger partial charge on any atom is -0.388 e. The summed E-state index contributed by atoms with van der Waals surface area (Å²) < 4.78 is 0. The Hall–Kier alpha value is -0.870. The molecule has 1 amide bonds. The Labute approximate surface area is 119 Å². The van der Waals surface area contributed by atoms with Crippen LogP contribution in [0.25, 0.3) is 0 Å². The van der Waals surface area contributed by atoms with Gasteiger partial charge in [-0.3, -0.25) is 4.79 Å². The van der Waals surface area contributed by atoms with Crippen molar-refractivity contribution >= 4 is 17.2 Å². The third-order valence-electron chi connectivity index (χ3n) is 3.99. The van der Waals surface area contributed by atoms with Crippen molar-refractivity contribution in [3.8, 4) is 0 Å². The van der Waals surface area contributed by atoms with Gasteiger partial charge in [-0.1, -0.05) is 31.7 Å². The first kappa shape index (κ1) is 14.5. The van der Waals surface area contributed by atoms with Crippen molar-refractivity contribution in [1.82, 2.24) is 5.32 Å². The maximum atomic E-state index is 12.1. The fraction of sp³-hybridized carbons (Fsp3) is 0.667. The number of rotatable bonds is 4. The molecule has 1 aliphatic rings. The van der Waals surface area contributed by atoms with Gasteiger partial charge in [-0.25, -0.2) is 0 Å². The van der Waals surface area contributed by atoms with Crippen LogP contribution in [0.3, 0.4) is 0 Å². The Balaban J connectivity index is 1.85. The average molecular weight is 281 g/mol. The molecule has 2 N–H and O–H groups in total. The molecule has 0 saturated heterocycles. The van der Waals surface area contributed by atoms with Gasteiger partial charge in [0.25, 0.3) is 0 Å². The molecule has 0 bridgehead atoms. The van der Waals surface area contributed by atoms with Crippen LogP contribution in [0, 0.1) is 0 Å². The molecule has 0 spiro atoms. The van der Waals surface area contributed by atoms with Gasteiger partial charge in [-0.15, -0.1) is 11.3 Å². The zero-order valence-electron chi connectivity index (χ0n) is 11.5. The molecule has 1 atom stereocenters. The molecule has 1 saturated carbocycles. The summed E-state index contributed by atoms with van der Waals surface area (Å²) in [6.07, 6.45) is 6.13. The smallest absolute Gasteiger partial charge is 0.228 e. The predicted molar refractivity (Wildman–Crippen MR) is 78.4 cm³/mol. The number of amides is 1. The minimum absolute atomic E-state index is 0.0140. The summed E-state index contributed by atoms with van der Waals surface area (Å²) >= 11 is 1.60. The van der Waals surface area contributed by atoms with Crippen LogP contribution in [0.2, 0.25) is 0 Å². The van der Waals surface area contributed by atoms with Gasteiger partial charge in [0.2, 0.25) is 5.91 Å². The van der Waals surface area contributed by atoms with Crippen molar-refractivity contribution in [2.75, 3.05) is 6.54 Å². The lowest BCUT2D eigenvalue weighted by molar-refractivity contribution is -0.123. The van der Waals surface area contributed by atoms with E-state index < -0.39 is 5.60 Å². The molecule has 19 heavy (non-hydrogen) atoms. The molecule has 106 valence electrons. The van der Waals surface area contributed by atoms with E-state index in [1.54, 1.807) is 11.3 Å². The normalized spacial score (nSPS) is 20.5. The van der Waals surface area contributed by atoms with Crippen molar-refractivity contribution in [3.05, 3.63) is 22.4 Å². The highest BCUT2D eigenvalue weighted by molar-refractivity contribution is 7.10. The summed E-state index contributed by atoms with van der Waals surface area (Å²) in [5.74, 6) is -0.116. The van der Waals surface area contributed by atoms with E-state index >= 15 is 0 Å². The van der Waals surface area contributed by atoms with Crippen LogP contribution in [-0.4, -0.2) is 23.2 Å². The molecule has 0 radical (unpaired) electrons. The minimum atomic E-state index is -0.693. The summed E-state index contributed by atoms with van der Waals surface area (Å²) in [5.41, 5.74) is -0.693. The van der Waals surface area contributed by atoms with E-state index in [4.69, 9.17) is 0 Å². The highest BCUT2D eigenvalue weighted by atomic mass is 32.1. The lowest BCUT2D eigenvalue weighted by Crippen LogP contribution is -2.43. The monoisotopic (exact) mass is 281 g/mol. The van der Waals surface area contributed by atoms with Gasteiger partial charge in [0.15, 0.2) is 0 Å². The lowest BCUT2D eigenvalue weighted by atomic mass is 9.94. The fourth-order valence-electron chi connectivity index (χ4n) is 2.64. The molecular weight excluding hydrogens is 258 g/mol. The van der Waals surface area contributed by atoms with E-state index in [0.717, 1.165) is 30.6 Å². The van der Waals surface area contributed by atoms with Crippen molar-refractivity contribution in [2.24, 2.45) is 0 Å². The van der Waals surface area contributed by atoms with E-state index in [0.29, 0.717) is 6.54 Å². The molecule has 1 aromatic heterocycles. The number of carbonyl (C=O) groups is 1. The molecule has 0 aliphatic heterocycles. The third kappa shape index (κ3) is 4.05. The topological polar surface area (TPSA) is 49.3 Å². The second-order valence-electron chi connectivity index (χ2n) is 5.59. The van der Waals surface area contributed by atoms with E-state index in [-0.39, 0.29) is 11.8 Å². The van der Waals surface area contributed by atoms with Crippen molar-refractivity contribution in [3.63, 3.8) is 0 Å². The highest BCUT2D eigenvalue weighted by Crippen LogP contribution is 2.27. The molecule has 1 unspecified atom stereocenters. The molecule has 1 aromatic rings. The van der Waals surface area contributed by atoms with E-state index in [1.165, 1.54) is 12.8 Å². The first-order valence-corrected chi connectivity index (χ1v) is 8.02. The van der Waals surface area contributed by atoms with Gasteiger partial charge >= 0.3 is 0 Å². The first-order valence-electron chi connectivity index (χ1n) is 7.14. The van der Waals surface area contributed by atoms with Crippen LogP contribution in [0.4, 0.5) is 0 Å². The van der Waals surface area contributed by atoms with E-state index in [2.05, 4.69) is 5.32 Å². The Morgan fingerprint density at radius 1 is 1.42 bits per heavy atom. The van der Waals surface area contributed by atoms with E-state index in [9.17, 15) is 9.90 Å². The molecule has 0 aromatic carbocycles. The van der Waals surface area contributed by atoms with Crippen LogP contribution in [-0.2, 0) is 4.79 Å². The second kappa shape index (κ2) is 6.53. The Kier molecular flexibility index (Phi) is 4.99. The second-order valence-corrected chi connectivity index (χ2v) is 6.57. The highest BCUT2D eigenvalue weighted by Gasteiger charge is 2.29. The first-order chi connectivity index (χ1) is 9.11. The predicted octanol–water partition coefficient (Wildman–Crippen LogP) is 3.05. The van der Waals surface area contributed by atoms with Gasteiger partial charge in [0.05, 0.1) is 11.5 Å². The zero-order chi connectivity index (χ0) is 13.7. The molecule has 1 fully saturated rings. The number of hydrogen-bond acceptors (Lipinski definition) is 3. The molecule has 1 aliphatic carbocycles. The van der Waals surface area contributed by atoms with Crippen LogP contribution >= 0.6 is 11.3 Å². The summed E-state index contributed by atoms with van der Waals surface area (Å²) in [6, 6.07) is 3.94. The van der Waals surface area contributed by atoms with Crippen LogP contribution in [0.1, 0.15) is 56.2 Å². The molecule has 3 nitrogen and oxygen atoms in total. The fourth-order valence-corrected chi connectivity index (χ4v) is 3.42. The zero-order valence-corrected chi connectivity index (χ0v) is 12.3. The Morgan fingerprint density at radius 3 is 2.68 bits per heavy atom. The molecule has 2 rings (SSSR count). The van der Waals surface area contributed by atoms with Gasteiger partial charge in [0, 0.05) is 11.4 Å². The lowest BCUT2D eigenvalue weighted by Gasteiger charge is -2.27. The Bertz CT molecular complexity index is 394. The van der Waals surface area contributed by atoms with Crippen molar-refractivity contribution < 1.29 is 9.90 Å². The van der Waals surface area contributed by atoms with Crippen LogP contribution in [0.15, 0.2) is 17.5 Å². The molecular formula is C15H23NO2S. The summed E-state index contributed by atoms with van der Waals surface area (Å²) in [4.78, 5) is 13.2. The maximum absolute atomic E-state index is 12.1. The molecule has 1 heterocycles. The summed E-state index contributed by atoms with van der Waals surface area (Å²) in [5, 5.41) is 15.4. The quantitative estimate of drug-likeness (QED) is 0.833. The molecule has 4 heteroatoms. The largest absolute Gasteiger partial charge is 0.388 e. The number of carbonyl (C=O) groups excluding carboxylic acids is 1. The SMILES string of the molecule is CC(C(=O)NCC1(O)CCCCCC1)c1cccs1. The number of nitrogens with one attached hydrogen (secondary N) is 1. The number of thiophene rings is 1. The Morgan fingerprint density at radius 2 is 2.11 bits per heavy atom. The van der Waals surface area contributed by atoms with Crippen molar-refractivity contribution in [2.45, 2.75) is 57.0 Å². The maximum Gasteiger partial charge on any atom is 0.228 e. The van der Waals surface area contributed by atoms with Crippen LogP contribution < -0.4 is 5.32 Å². The van der Waals surface area contributed by atoms with Crippen LogP contribution in [0.5, 0.6) is 0 Å². The van der Waals surface area contributed by atoms with Crippen molar-refractivity contribution in [1.29, 1.82) is 0 Å². The number of aliphatic hydroxyl groups is 1. The van der Waals surface area contributed by atoms with E-state index in [1.807, 2.05) is 24.4 Å². The average Bonchev–Trinajstić information content (AvgIpc) is 2.85. The summed E-state index contributed by atoms with van der Waals surface area (Å²) in [7, 11) is 0. The summed E-state index contributed by atoms with van der Waals surface area (Å²) in [6.45, 7) is 2.31. The van der Waals surface area contributed by atoms with Gasteiger partial charge in [-0.05, 0) is 31.2 Å². The van der Waals surface area contributed by atoms with Gasteiger partial charge < -0.3 is 10.4 Å².